The first kappa shape index (κ1) is 31.2. The number of fused-ring (bicyclic) bond motifs is 2. The van der Waals surface area contributed by atoms with Gasteiger partial charge in [0.05, 0.1) is 5.41 Å². The van der Waals surface area contributed by atoms with Crippen LogP contribution >= 0.6 is 7.49 Å². The van der Waals surface area contributed by atoms with Crippen molar-refractivity contribution in [3.05, 3.63) is 91.0 Å². The number of hydrogen-bond acceptors (Lipinski definition) is 7. The van der Waals surface area contributed by atoms with Crippen LogP contribution < -0.4 is 15.9 Å². The summed E-state index contributed by atoms with van der Waals surface area (Å²) in [5.41, 5.74) is -3.87. The van der Waals surface area contributed by atoms with E-state index in [2.05, 4.69) is 0 Å². The van der Waals surface area contributed by atoms with E-state index >= 15 is 13.2 Å². The number of halogens is 3. The van der Waals surface area contributed by atoms with Crippen LogP contribution in [0.5, 0.6) is 0 Å². The van der Waals surface area contributed by atoms with Crippen molar-refractivity contribution in [2.75, 3.05) is 6.61 Å². The molecular formula is C31H31F3O7PS+. The Hall–Kier alpha value is -3.27. The monoisotopic (exact) mass is 635 g/mol. The second kappa shape index (κ2) is 10.7. The zero-order valence-electron chi connectivity index (χ0n) is 23.7. The van der Waals surface area contributed by atoms with Crippen LogP contribution in [-0.2, 0) is 33.2 Å². The average Bonchev–Trinajstić information content (AvgIpc) is 3.30. The number of carbonyl (C=O) groups excluding carboxylic acids is 2. The molecule has 0 N–H and O–H groups in total. The minimum atomic E-state index is -6.02. The van der Waals surface area contributed by atoms with Crippen molar-refractivity contribution in [1.82, 2.24) is 0 Å². The lowest BCUT2D eigenvalue weighted by molar-refractivity contribution is -0.186. The summed E-state index contributed by atoms with van der Waals surface area (Å²) in [5, 5.41) is -4.20. The Morgan fingerprint density at radius 2 is 1.33 bits per heavy atom. The van der Waals surface area contributed by atoms with Gasteiger partial charge >= 0.3 is 27.3 Å². The van der Waals surface area contributed by atoms with Crippen molar-refractivity contribution in [2.24, 2.45) is 10.8 Å². The average molecular weight is 636 g/mol. The highest BCUT2D eigenvalue weighted by molar-refractivity contribution is 8.02. The summed E-state index contributed by atoms with van der Waals surface area (Å²) >= 11 is 0. The Labute approximate surface area is 248 Å². The molecule has 0 spiro atoms. The van der Waals surface area contributed by atoms with Gasteiger partial charge in [0.15, 0.2) is 0 Å². The lowest BCUT2D eigenvalue weighted by Crippen LogP contribution is -2.50. The molecule has 12 heteroatoms. The maximum Gasteiger partial charge on any atom is 0.406 e. The maximum atomic E-state index is 15.6. The Kier molecular flexibility index (Phi) is 7.77. The van der Waals surface area contributed by atoms with E-state index in [9.17, 15) is 18.0 Å². The van der Waals surface area contributed by atoms with E-state index in [4.69, 9.17) is 13.4 Å². The van der Waals surface area contributed by atoms with Gasteiger partial charge in [-0.3, -0.25) is 4.79 Å². The zero-order valence-corrected chi connectivity index (χ0v) is 25.4. The quantitative estimate of drug-likeness (QED) is 0.233. The molecular weight excluding hydrogens is 604 g/mol. The molecule has 1 aliphatic heterocycles. The van der Waals surface area contributed by atoms with E-state index in [0.29, 0.717) is 15.9 Å². The summed E-state index contributed by atoms with van der Waals surface area (Å²) in [5.74, 6) is -1.84. The van der Waals surface area contributed by atoms with Crippen molar-refractivity contribution in [3.8, 4) is 0 Å². The molecule has 5 rings (SSSR count). The number of esters is 2. The summed E-state index contributed by atoms with van der Waals surface area (Å²) < 4.78 is 89.3. The van der Waals surface area contributed by atoms with E-state index in [1.54, 1.807) is 112 Å². The highest BCUT2D eigenvalue weighted by Gasteiger charge is 2.76. The molecule has 3 aromatic carbocycles. The molecule has 2 fully saturated rings. The second-order valence-electron chi connectivity index (χ2n) is 11.4. The van der Waals surface area contributed by atoms with Crippen LogP contribution in [0.15, 0.2) is 91.0 Å². The summed E-state index contributed by atoms with van der Waals surface area (Å²) in [7, 11) is -9.83. The van der Waals surface area contributed by atoms with E-state index in [0.717, 1.165) is 0 Å². The van der Waals surface area contributed by atoms with Crippen LogP contribution in [0.1, 0.15) is 33.6 Å². The van der Waals surface area contributed by atoms with E-state index in [1.165, 1.54) is 0 Å². The third-order valence-corrected chi connectivity index (χ3v) is 14.7. The van der Waals surface area contributed by atoms with Gasteiger partial charge in [0.1, 0.15) is 22.5 Å². The van der Waals surface area contributed by atoms with Gasteiger partial charge < -0.3 is 9.47 Å². The Balaban J connectivity index is 1.47. The van der Waals surface area contributed by atoms with Crippen LogP contribution in [0.3, 0.4) is 0 Å². The van der Waals surface area contributed by atoms with E-state index in [-0.39, 0.29) is 12.8 Å². The van der Waals surface area contributed by atoms with Gasteiger partial charge in [-0.15, -0.1) is 0 Å². The molecule has 228 valence electrons. The molecule has 1 aliphatic carbocycles. The fourth-order valence-electron chi connectivity index (χ4n) is 5.91. The lowest BCUT2D eigenvalue weighted by atomic mass is 9.66. The molecule has 2 aliphatic rings. The molecule has 7 nitrogen and oxygen atoms in total. The van der Waals surface area contributed by atoms with E-state index < -0.39 is 64.0 Å². The highest BCUT2D eigenvalue weighted by Crippen LogP contribution is 2.66. The van der Waals surface area contributed by atoms with Crippen LogP contribution in [0.2, 0.25) is 0 Å². The Morgan fingerprint density at radius 1 is 0.884 bits per heavy atom. The van der Waals surface area contributed by atoms with Gasteiger partial charge in [0, 0.05) is 5.41 Å². The molecule has 3 atom stereocenters. The molecule has 2 bridgehead atoms. The van der Waals surface area contributed by atoms with Gasteiger partial charge in [-0.25, -0.2) is 9.18 Å². The first-order valence-corrected chi connectivity index (χ1v) is 16.7. The first-order valence-electron chi connectivity index (χ1n) is 13.6. The number of benzene rings is 3. The Bertz CT molecular complexity index is 1520. The predicted octanol–water partition coefficient (Wildman–Crippen LogP) is 4.84. The fourth-order valence-corrected chi connectivity index (χ4v) is 11.6. The third-order valence-electron chi connectivity index (χ3n) is 9.04. The molecule has 1 saturated heterocycles. The van der Waals surface area contributed by atoms with Gasteiger partial charge in [0.2, 0.25) is 11.8 Å². The first-order chi connectivity index (χ1) is 20.2. The summed E-state index contributed by atoms with van der Waals surface area (Å²) in [6, 6.07) is 24.1. The van der Waals surface area contributed by atoms with Gasteiger partial charge in [-0.1, -0.05) is 72.4 Å². The largest absolute Gasteiger partial charge is 0.459 e. The maximum absolute atomic E-state index is 15.6. The molecule has 3 unspecified atom stereocenters. The van der Waals surface area contributed by atoms with Crippen LogP contribution in [-0.4, -0.2) is 44.0 Å². The minimum absolute atomic E-state index is 0.0635. The predicted molar refractivity (Wildman–Crippen MR) is 156 cm³/mol. The van der Waals surface area contributed by atoms with Gasteiger partial charge in [0.25, 0.3) is 7.49 Å². The summed E-state index contributed by atoms with van der Waals surface area (Å²) in [4.78, 5) is 25.6. The number of ether oxygens (including phenoxy) is 2. The van der Waals surface area contributed by atoms with Crippen LogP contribution in [0.4, 0.5) is 13.2 Å². The molecule has 0 amide bonds. The topological polar surface area (TPSA) is 96.0 Å². The van der Waals surface area contributed by atoms with Crippen LogP contribution in [0.25, 0.3) is 0 Å². The number of hydrogen-bond donors (Lipinski definition) is 0. The van der Waals surface area contributed by atoms with Gasteiger partial charge in [-0.05, 0) is 56.2 Å². The number of carbonyl (C=O) groups is 2. The van der Waals surface area contributed by atoms with Crippen molar-refractivity contribution < 1.29 is 44.6 Å². The second-order valence-corrected chi connectivity index (χ2v) is 16.3. The zero-order chi connectivity index (χ0) is 31.3. The lowest BCUT2D eigenvalue weighted by Gasteiger charge is -2.34. The standard InChI is InChI=1S/C31H31F3O7PS/c1-28(2)29(3)19-20-30(28,40-26(29)35)27(36)39-21-25(32)31(33,34)43(37,38)41-42(22-13-7-4-8-14-22,23-15-9-5-10-16-23)24-17-11-6-12-18-24/h4-18,25H,19-21H2,1-3H3/q+1. The molecule has 3 aromatic rings. The summed E-state index contributed by atoms with van der Waals surface area (Å²) in [6.45, 7) is 3.26. The molecule has 0 radical (unpaired) electrons. The molecule has 0 aromatic heterocycles. The van der Waals surface area contributed by atoms with Gasteiger partial charge in [-0.2, -0.15) is 17.2 Å². The van der Waals surface area contributed by atoms with Crippen molar-refractivity contribution in [1.29, 1.82) is 0 Å². The fraction of sp³-hybridized carbons (Fsp3) is 0.355. The highest BCUT2D eigenvalue weighted by atomic mass is 32.2. The normalized spacial score (nSPS) is 23.9. The third kappa shape index (κ3) is 4.59. The van der Waals surface area contributed by atoms with Crippen molar-refractivity contribution in [3.63, 3.8) is 0 Å². The Morgan fingerprint density at radius 3 is 1.70 bits per heavy atom. The van der Waals surface area contributed by atoms with E-state index in [1.807, 2.05) is 0 Å². The van der Waals surface area contributed by atoms with Crippen molar-refractivity contribution >= 4 is 45.5 Å². The van der Waals surface area contributed by atoms with Crippen molar-refractivity contribution in [2.45, 2.75) is 50.6 Å². The van der Waals surface area contributed by atoms with Crippen LogP contribution in [0, 0.1) is 10.8 Å². The number of alkyl halides is 3. The summed E-state index contributed by atoms with van der Waals surface area (Å²) in [6.07, 6.45) is -3.14. The molecule has 43 heavy (non-hydrogen) atoms. The SMILES string of the molecule is CC12CCC(C(=O)OCC(F)C(F)(F)S(=O)(=O)O[P+](c3ccccc3)(c3ccccc3)c3ccccc3)(OC1=O)C2(C)C. The molecule has 1 heterocycles. The number of rotatable bonds is 10. The smallest absolute Gasteiger partial charge is 0.406 e. The molecule has 1 saturated carbocycles. The minimum Gasteiger partial charge on any atom is -0.459 e.